The van der Waals surface area contributed by atoms with Crippen LogP contribution in [-0.4, -0.2) is 0 Å². The van der Waals surface area contributed by atoms with Crippen LogP contribution in [-0.2, 0) is 6.42 Å². The predicted octanol–water partition coefficient (Wildman–Crippen LogP) is 4.64. The maximum Gasteiger partial charge on any atom is 0.126 e. The second kappa shape index (κ2) is 6.87. The maximum absolute atomic E-state index is 13.8. The summed E-state index contributed by atoms with van der Waals surface area (Å²) >= 11 is 15.5. The van der Waals surface area contributed by atoms with E-state index < -0.39 is 0 Å². The third-order valence-corrected chi connectivity index (χ3v) is 4.54. The first kappa shape index (κ1) is 15.7. The van der Waals surface area contributed by atoms with Crippen LogP contribution in [0.3, 0.4) is 0 Å². The van der Waals surface area contributed by atoms with Crippen LogP contribution >= 0.6 is 39.1 Å². The zero-order chi connectivity index (χ0) is 14.7. The van der Waals surface area contributed by atoms with Gasteiger partial charge in [0.2, 0.25) is 0 Å². The lowest BCUT2D eigenvalue weighted by molar-refractivity contribution is 0.529. The molecule has 0 aliphatic carbocycles. The van der Waals surface area contributed by atoms with Gasteiger partial charge in [-0.3, -0.25) is 11.3 Å². The second-order valence-electron chi connectivity index (χ2n) is 4.30. The quantitative estimate of drug-likeness (QED) is 0.601. The van der Waals surface area contributed by atoms with Crippen LogP contribution in [0.25, 0.3) is 0 Å². The Bertz CT molecular complexity index is 622. The number of rotatable bonds is 4. The van der Waals surface area contributed by atoms with Crippen molar-refractivity contribution in [3.8, 4) is 0 Å². The van der Waals surface area contributed by atoms with Gasteiger partial charge in [0.1, 0.15) is 5.82 Å². The third-order valence-electron chi connectivity index (χ3n) is 2.99. The first-order valence-electron chi connectivity index (χ1n) is 5.87. The fraction of sp³-hybridized carbons (Fsp3) is 0.143. The minimum atomic E-state index is -0.319. The van der Waals surface area contributed by atoms with E-state index in [1.165, 1.54) is 12.1 Å². The largest absolute Gasteiger partial charge is 0.271 e. The molecule has 2 nitrogen and oxygen atoms in total. The lowest BCUT2D eigenvalue weighted by Crippen LogP contribution is -2.30. The van der Waals surface area contributed by atoms with Gasteiger partial charge in [-0.15, -0.1) is 0 Å². The first-order valence-corrected chi connectivity index (χ1v) is 7.41. The summed E-state index contributed by atoms with van der Waals surface area (Å²) in [7, 11) is 0. The summed E-state index contributed by atoms with van der Waals surface area (Å²) in [5.74, 6) is 5.26. The number of nitrogens with one attached hydrogen (secondary N) is 1. The normalized spacial score (nSPS) is 12.4. The number of hydrazine groups is 1. The van der Waals surface area contributed by atoms with Crippen molar-refractivity contribution >= 4 is 39.1 Å². The van der Waals surface area contributed by atoms with E-state index in [1.54, 1.807) is 6.07 Å². The van der Waals surface area contributed by atoms with Crippen LogP contribution in [0.1, 0.15) is 17.2 Å². The van der Waals surface area contributed by atoms with E-state index in [4.69, 9.17) is 29.0 Å². The molecule has 6 heteroatoms. The van der Waals surface area contributed by atoms with E-state index in [0.717, 1.165) is 10.0 Å². The van der Waals surface area contributed by atoms with Gasteiger partial charge < -0.3 is 0 Å². The topological polar surface area (TPSA) is 38.0 Å². The van der Waals surface area contributed by atoms with Gasteiger partial charge in [-0.1, -0.05) is 35.3 Å². The van der Waals surface area contributed by atoms with E-state index in [-0.39, 0.29) is 11.9 Å². The predicted molar refractivity (Wildman–Crippen MR) is 84.3 cm³/mol. The van der Waals surface area contributed by atoms with Crippen LogP contribution in [0.5, 0.6) is 0 Å². The van der Waals surface area contributed by atoms with E-state index in [9.17, 15) is 4.39 Å². The van der Waals surface area contributed by atoms with Crippen LogP contribution in [0, 0.1) is 5.82 Å². The number of hydrogen-bond donors (Lipinski definition) is 2. The molecule has 2 rings (SSSR count). The van der Waals surface area contributed by atoms with Gasteiger partial charge in [0.15, 0.2) is 0 Å². The molecule has 0 spiro atoms. The minimum absolute atomic E-state index is 0.312. The molecule has 0 aliphatic heterocycles. The van der Waals surface area contributed by atoms with Crippen LogP contribution in [0.15, 0.2) is 40.9 Å². The Morgan fingerprint density at radius 2 is 2.00 bits per heavy atom. The van der Waals surface area contributed by atoms with Crippen LogP contribution in [0.4, 0.5) is 4.39 Å². The molecule has 106 valence electrons. The van der Waals surface area contributed by atoms with Crippen molar-refractivity contribution in [1.29, 1.82) is 0 Å². The Morgan fingerprint density at radius 1 is 1.25 bits per heavy atom. The van der Waals surface area contributed by atoms with Crippen LogP contribution in [0.2, 0.25) is 10.0 Å². The van der Waals surface area contributed by atoms with Crippen molar-refractivity contribution in [2.24, 2.45) is 5.84 Å². The fourth-order valence-corrected chi connectivity index (χ4v) is 2.80. The minimum Gasteiger partial charge on any atom is -0.271 e. The molecule has 2 aromatic carbocycles. The lowest BCUT2D eigenvalue weighted by atomic mass is 9.99. The molecule has 0 aliphatic rings. The molecule has 3 N–H and O–H groups in total. The van der Waals surface area contributed by atoms with Gasteiger partial charge in [0.25, 0.3) is 0 Å². The molecular weight excluding hydrogens is 366 g/mol. The SMILES string of the molecule is NNC(Cc1cc(Cl)ccc1F)c1cccc(Br)c1Cl. The maximum atomic E-state index is 13.8. The Morgan fingerprint density at radius 3 is 2.70 bits per heavy atom. The molecule has 0 heterocycles. The molecule has 0 amide bonds. The lowest BCUT2D eigenvalue weighted by Gasteiger charge is -2.19. The standard InChI is InChI=1S/C14H12BrCl2FN2/c15-11-3-1-2-10(14(11)17)13(20-19)7-8-6-9(16)4-5-12(8)18/h1-6,13,20H,7,19H2. The summed E-state index contributed by atoms with van der Waals surface area (Å²) in [5, 5.41) is 1.04. The van der Waals surface area contributed by atoms with Crippen molar-refractivity contribution < 1.29 is 4.39 Å². The Hall–Kier alpha value is -0.650. The van der Waals surface area contributed by atoms with Gasteiger partial charge in [0, 0.05) is 9.50 Å². The van der Waals surface area contributed by atoms with E-state index >= 15 is 0 Å². The monoisotopic (exact) mass is 376 g/mol. The average Bonchev–Trinajstić information content (AvgIpc) is 2.43. The number of nitrogens with two attached hydrogens (primary N) is 1. The zero-order valence-corrected chi connectivity index (χ0v) is 13.4. The summed E-state index contributed by atoms with van der Waals surface area (Å²) in [6.45, 7) is 0. The number of hydrogen-bond acceptors (Lipinski definition) is 2. The fourth-order valence-electron chi connectivity index (χ4n) is 1.97. The van der Waals surface area contributed by atoms with Gasteiger partial charge >= 0.3 is 0 Å². The summed E-state index contributed by atoms with van der Waals surface area (Å²) in [4.78, 5) is 0. The molecular formula is C14H12BrCl2FN2. The summed E-state index contributed by atoms with van der Waals surface area (Å²) in [5.41, 5.74) is 3.94. The molecule has 20 heavy (non-hydrogen) atoms. The Balaban J connectivity index is 2.34. The highest BCUT2D eigenvalue weighted by Gasteiger charge is 2.17. The van der Waals surface area contributed by atoms with Gasteiger partial charge in [-0.25, -0.2) is 4.39 Å². The van der Waals surface area contributed by atoms with Crippen LogP contribution < -0.4 is 11.3 Å². The van der Waals surface area contributed by atoms with Crippen molar-refractivity contribution in [2.75, 3.05) is 0 Å². The molecule has 1 unspecified atom stereocenters. The number of benzene rings is 2. The van der Waals surface area contributed by atoms with Crippen molar-refractivity contribution in [3.63, 3.8) is 0 Å². The Labute approximate surface area is 135 Å². The summed E-state index contributed by atoms with van der Waals surface area (Å²) in [6.07, 6.45) is 0.346. The molecule has 2 aromatic rings. The van der Waals surface area contributed by atoms with E-state index in [2.05, 4.69) is 21.4 Å². The van der Waals surface area contributed by atoms with E-state index in [0.29, 0.717) is 22.0 Å². The highest BCUT2D eigenvalue weighted by atomic mass is 79.9. The highest BCUT2D eigenvalue weighted by Crippen LogP contribution is 2.32. The second-order valence-corrected chi connectivity index (χ2v) is 5.97. The summed E-state index contributed by atoms with van der Waals surface area (Å²) < 4.78 is 14.6. The van der Waals surface area contributed by atoms with E-state index in [1.807, 2.05) is 18.2 Å². The van der Waals surface area contributed by atoms with Crippen molar-refractivity contribution in [3.05, 3.63) is 67.9 Å². The first-order chi connectivity index (χ1) is 9.52. The molecule has 0 radical (unpaired) electrons. The van der Waals surface area contributed by atoms with Crippen molar-refractivity contribution in [2.45, 2.75) is 12.5 Å². The molecule has 0 fully saturated rings. The average molecular weight is 378 g/mol. The zero-order valence-electron chi connectivity index (χ0n) is 10.3. The Kier molecular flexibility index (Phi) is 5.41. The molecule has 0 bridgehead atoms. The molecule has 0 aromatic heterocycles. The highest BCUT2D eigenvalue weighted by molar-refractivity contribution is 9.10. The third kappa shape index (κ3) is 3.51. The van der Waals surface area contributed by atoms with Gasteiger partial charge in [-0.05, 0) is 57.7 Å². The summed E-state index contributed by atoms with van der Waals surface area (Å²) in [6, 6.07) is 9.66. The smallest absolute Gasteiger partial charge is 0.126 e. The van der Waals surface area contributed by atoms with Crippen molar-refractivity contribution in [1.82, 2.24) is 5.43 Å². The molecule has 0 saturated carbocycles. The van der Waals surface area contributed by atoms with Gasteiger partial charge in [-0.2, -0.15) is 0 Å². The molecule has 1 atom stereocenters. The van der Waals surface area contributed by atoms with Gasteiger partial charge in [0.05, 0.1) is 11.1 Å². The number of halogens is 4. The molecule has 0 saturated heterocycles.